The molecule has 4 rings (SSSR count). The summed E-state index contributed by atoms with van der Waals surface area (Å²) in [5.41, 5.74) is 0.672. The average molecular weight is 459 g/mol. The fourth-order valence-corrected chi connectivity index (χ4v) is 8.47. The lowest BCUT2D eigenvalue weighted by atomic mass is 9.52. The molecule has 0 amide bonds. The smallest absolute Gasteiger partial charge is 0.123 e. The molecular formula is C30H47FO2. The summed E-state index contributed by atoms with van der Waals surface area (Å²) in [4.78, 5) is 0. The topological polar surface area (TPSA) is 40.5 Å². The maximum Gasteiger partial charge on any atom is 0.123 e. The van der Waals surface area contributed by atoms with E-state index in [1.165, 1.54) is 57.1 Å². The molecule has 8 atom stereocenters. The quantitative estimate of drug-likeness (QED) is 0.407. The first-order valence-electron chi connectivity index (χ1n) is 13.9. The van der Waals surface area contributed by atoms with Gasteiger partial charge < -0.3 is 10.2 Å². The van der Waals surface area contributed by atoms with Crippen molar-refractivity contribution in [2.75, 3.05) is 0 Å². The molecule has 3 saturated carbocycles. The SMILES string of the molecule is CCCC[C@H](O)C[C@@H]1CC[C@@H]2[C@H](CC[C@@]3(C)[C@H]2CC[C@@H]3[C@](C)(O)CCc2ccc(F)cc2)C1. The second kappa shape index (κ2) is 10.4. The molecule has 0 aliphatic heterocycles. The number of unbranched alkanes of at least 4 members (excludes halogenated alkanes) is 1. The van der Waals surface area contributed by atoms with Gasteiger partial charge in [0.15, 0.2) is 0 Å². The van der Waals surface area contributed by atoms with Gasteiger partial charge in [-0.05, 0) is 124 Å². The predicted molar refractivity (Wildman–Crippen MR) is 133 cm³/mol. The van der Waals surface area contributed by atoms with Crippen LogP contribution in [0.25, 0.3) is 0 Å². The molecule has 2 nitrogen and oxygen atoms in total. The van der Waals surface area contributed by atoms with Crippen LogP contribution in [0.5, 0.6) is 0 Å². The van der Waals surface area contributed by atoms with Crippen LogP contribution < -0.4 is 0 Å². The highest BCUT2D eigenvalue weighted by atomic mass is 19.1. The summed E-state index contributed by atoms with van der Waals surface area (Å²) in [6.07, 6.45) is 14.6. The van der Waals surface area contributed by atoms with Gasteiger partial charge in [-0.15, -0.1) is 0 Å². The summed E-state index contributed by atoms with van der Waals surface area (Å²) < 4.78 is 13.3. The second-order valence-corrected chi connectivity index (χ2v) is 12.4. The zero-order valence-electron chi connectivity index (χ0n) is 21.2. The minimum absolute atomic E-state index is 0.104. The number of hydrogen-bond donors (Lipinski definition) is 2. The first-order valence-corrected chi connectivity index (χ1v) is 13.9. The molecule has 0 aromatic heterocycles. The van der Waals surface area contributed by atoms with E-state index < -0.39 is 5.60 Å². The van der Waals surface area contributed by atoms with Crippen LogP contribution in [0.1, 0.15) is 103 Å². The lowest BCUT2D eigenvalue weighted by Gasteiger charge is -2.54. The van der Waals surface area contributed by atoms with Crippen molar-refractivity contribution in [3.63, 3.8) is 0 Å². The largest absolute Gasteiger partial charge is 0.393 e. The van der Waals surface area contributed by atoms with Gasteiger partial charge in [0.25, 0.3) is 0 Å². The van der Waals surface area contributed by atoms with Gasteiger partial charge in [0.2, 0.25) is 0 Å². The third-order valence-electron chi connectivity index (χ3n) is 10.2. The van der Waals surface area contributed by atoms with Crippen molar-refractivity contribution in [2.45, 2.75) is 116 Å². The van der Waals surface area contributed by atoms with Crippen molar-refractivity contribution in [1.82, 2.24) is 0 Å². The van der Waals surface area contributed by atoms with Gasteiger partial charge in [-0.2, -0.15) is 0 Å². The molecule has 1 aromatic carbocycles. The second-order valence-electron chi connectivity index (χ2n) is 12.4. The monoisotopic (exact) mass is 458 g/mol. The van der Waals surface area contributed by atoms with Crippen LogP contribution in [0, 0.1) is 40.8 Å². The number of hydrogen-bond acceptors (Lipinski definition) is 2. The molecule has 3 aliphatic carbocycles. The molecule has 186 valence electrons. The van der Waals surface area contributed by atoms with E-state index in [2.05, 4.69) is 20.8 Å². The average Bonchev–Trinajstić information content (AvgIpc) is 3.15. The van der Waals surface area contributed by atoms with Gasteiger partial charge in [0.1, 0.15) is 5.82 Å². The highest BCUT2D eigenvalue weighted by molar-refractivity contribution is 5.17. The zero-order chi connectivity index (χ0) is 23.6. The Hall–Kier alpha value is -0.930. The third kappa shape index (κ3) is 5.50. The molecule has 0 bridgehead atoms. The van der Waals surface area contributed by atoms with E-state index in [0.29, 0.717) is 11.8 Å². The minimum atomic E-state index is -0.675. The van der Waals surface area contributed by atoms with E-state index in [1.54, 1.807) is 0 Å². The van der Waals surface area contributed by atoms with Crippen molar-refractivity contribution < 1.29 is 14.6 Å². The Labute approximate surface area is 201 Å². The van der Waals surface area contributed by atoms with E-state index >= 15 is 0 Å². The Bertz CT molecular complexity index is 759. The highest BCUT2D eigenvalue weighted by Gasteiger charge is 2.58. The molecule has 3 fully saturated rings. The standard InChI is InChI=1S/C30H47FO2/c1-4-5-6-25(32)20-22-9-12-26-23(19-22)16-17-29(2)27(26)13-14-28(29)30(3,33)18-15-21-7-10-24(31)11-8-21/h7-8,10-11,22-23,25-28,32-33H,4-6,9,12-20H2,1-3H3/t22-,23-,25+,26-,27+,28+,29+,30-/m1/s1. The summed E-state index contributed by atoms with van der Waals surface area (Å²) in [6, 6.07) is 6.76. The Kier molecular flexibility index (Phi) is 7.90. The number of halogens is 1. The summed E-state index contributed by atoms with van der Waals surface area (Å²) >= 11 is 0. The lowest BCUT2D eigenvalue weighted by Crippen LogP contribution is -2.49. The molecule has 1 aromatic rings. The van der Waals surface area contributed by atoms with E-state index in [9.17, 15) is 14.6 Å². The number of rotatable bonds is 9. The normalized spacial score (nSPS) is 36.6. The number of fused-ring (bicyclic) bond motifs is 3. The Morgan fingerprint density at radius 1 is 1.12 bits per heavy atom. The van der Waals surface area contributed by atoms with Crippen molar-refractivity contribution in [2.24, 2.45) is 35.0 Å². The first-order chi connectivity index (χ1) is 15.7. The van der Waals surface area contributed by atoms with Gasteiger partial charge in [0, 0.05) is 0 Å². The van der Waals surface area contributed by atoms with E-state index in [1.807, 2.05) is 12.1 Å². The fraction of sp³-hybridized carbons (Fsp3) is 0.800. The molecule has 3 aliphatic rings. The number of benzene rings is 1. The first kappa shape index (κ1) is 25.2. The van der Waals surface area contributed by atoms with Crippen LogP contribution in [-0.4, -0.2) is 21.9 Å². The van der Waals surface area contributed by atoms with Crippen LogP contribution in [0.15, 0.2) is 24.3 Å². The van der Waals surface area contributed by atoms with Crippen molar-refractivity contribution in [3.8, 4) is 0 Å². The Morgan fingerprint density at radius 2 is 1.88 bits per heavy atom. The molecule has 3 heteroatoms. The van der Waals surface area contributed by atoms with Gasteiger partial charge in [-0.25, -0.2) is 4.39 Å². The van der Waals surface area contributed by atoms with Crippen molar-refractivity contribution in [1.29, 1.82) is 0 Å². The van der Waals surface area contributed by atoms with Crippen LogP contribution in [0.2, 0.25) is 0 Å². The Balaban J connectivity index is 1.36. The highest BCUT2D eigenvalue weighted by Crippen LogP contribution is 2.64. The van der Waals surface area contributed by atoms with Crippen LogP contribution in [0.3, 0.4) is 0 Å². The molecular weight excluding hydrogens is 411 g/mol. The van der Waals surface area contributed by atoms with E-state index in [-0.39, 0.29) is 17.3 Å². The molecule has 0 unspecified atom stereocenters. The minimum Gasteiger partial charge on any atom is -0.393 e. The maximum atomic E-state index is 13.3. The van der Waals surface area contributed by atoms with Gasteiger partial charge in [-0.1, -0.05) is 45.2 Å². The number of aliphatic hydroxyl groups excluding tert-OH is 1. The van der Waals surface area contributed by atoms with Crippen molar-refractivity contribution in [3.05, 3.63) is 35.6 Å². The Morgan fingerprint density at radius 3 is 2.61 bits per heavy atom. The molecule has 0 spiro atoms. The molecule has 0 saturated heterocycles. The van der Waals surface area contributed by atoms with Gasteiger partial charge in [-0.3, -0.25) is 0 Å². The molecule has 33 heavy (non-hydrogen) atoms. The number of aryl methyl sites for hydroxylation is 1. The van der Waals surface area contributed by atoms with Gasteiger partial charge >= 0.3 is 0 Å². The molecule has 2 N–H and O–H groups in total. The molecule has 0 radical (unpaired) electrons. The lowest BCUT2D eigenvalue weighted by molar-refractivity contribution is -0.0970. The van der Waals surface area contributed by atoms with Gasteiger partial charge in [0.05, 0.1) is 11.7 Å². The summed E-state index contributed by atoms with van der Waals surface area (Å²) in [6.45, 7) is 6.75. The zero-order valence-corrected chi connectivity index (χ0v) is 21.2. The maximum absolute atomic E-state index is 13.3. The van der Waals surface area contributed by atoms with Crippen molar-refractivity contribution >= 4 is 0 Å². The van der Waals surface area contributed by atoms with Crippen LogP contribution in [0.4, 0.5) is 4.39 Å². The summed E-state index contributed by atoms with van der Waals surface area (Å²) in [5.74, 6) is 3.24. The fourth-order valence-electron chi connectivity index (χ4n) is 8.47. The summed E-state index contributed by atoms with van der Waals surface area (Å²) in [7, 11) is 0. The van der Waals surface area contributed by atoms with E-state index in [0.717, 1.165) is 61.8 Å². The van der Waals surface area contributed by atoms with Crippen LogP contribution >= 0.6 is 0 Å². The van der Waals surface area contributed by atoms with Crippen LogP contribution in [-0.2, 0) is 6.42 Å². The molecule has 0 heterocycles. The van der Waals surface area contributed by atoms with E-state index in [4.69, 9.17) is 0 Å². The predicted octanol–water partition coefficient (Wildman–Crippen LogP) is 7.31. The number of aliphatic hydroxyl groups is 2. The summed E-state index contributed by atoms with van der Waals surface area (Å²) in [5, 5.41) is 22.1. The third-order valence-corrected chi connectivity index (χ3v) is 10.2.